The van der Waals surface area contributed by atoms with Gasteiger partial charge in [0.15, 0.2) is 5.69 Å². The van der Waals surface area contributed by atoms with Gasteiger partial charge in [0.25, 0.3) is 0 Å². The minimum Gasteiger partial charge on any atom is -0.471 e. The van der Waals surface area contributed by atoms with Crippen LogP contribution in [0.15, 0.2) is 12.3 Å². The first-order chi connectivity index (χ1) is 11.7. The first-order valence-electron chi connectivity index (χ1n) is 8.03. The molecule has 0 unspecified atom stereocenters. The number of ether oxygens (including phenoxy) is 1. The Labute approximate surface area is 150 Å². The molecule has 2 aromatic rings. The van der Waals surface area contributed by atoms with Crippen LogP contribution in [0.4, 0.5) is 19.1 Å². The number of halogens is 3. The molecule has 0 fully saturated rings. The van der Waals surface area contributed by atoms with Crippen molar-refractivity contribution in [2.45, 2.75) is 65.4 Å². The van der Waals surface area contributed by atoms with Crippen LogP contribution in [0, 0.1) is 0 Å². The fourth-order valence-corrected chi connectivity index (χ4v) is 1.88. The monoisotopic (exact) mass is 372 g/mol. The van der Waals surface area contributed by atoms with Crippen LogP contribution in [0.1, 0.15) is 52.9 Å². The summed E-state index contributed by atoms with van der Waals surface area (Å²) in [4.78, 5) is 7.53. The van der Waals surface area contributed by atoms with Crippen LogP contribution < -0.4 is 10.1 Å². The van der Waals surface area contributed by atoms with Gasteiger partial charge < -0.3 is 10.1 Å². The summed E-state index contributed by atoms with van der Waals surface area (Å²) in [6, 6.07) is 0.766. The van der Waals surface area contributed by atoms with Gasteiger partial charge in [0.05, 0.1) is 11.7 Å². The Morgan fingerprint density at radius 2 is 1.73 bits per heavy atom. The molecule has 2 aromatic heterocycles. The van der Waals surface area contributed by atoms with Crippen LogP contribution in [-0.2, 0) is 18.3 Å². The highest BCUT2D eigenvalue weighted by molar-refractivity contribution is 5.34. The Bertz CT molecular complexity index is 759. The van der Waals surface area contributed by atoms with E-state index in [-0.39, 0.29) is 24.0 Å². The van der Waals surface area contributed by atoms with Gasteiger partial charge in [0, 0.05) is 11.6 Å². The van der Waals surface area contributed by atoms with Gasteiger partial charge in [-0.15, -0.1) is 5.10 Å². The first-order valence-corrected chi connectivity index (χ1v) is 8.03. The number of hydrogen-bond acceptors (Lipinski definition) is 6. The van der Waals surface area contributed by atoms with E-state index in [0.717, 1.165) is 6.07 Å². The summed E-state index contributed by atoms with van der Waals surface area (Å²) in [6.45, 7) is 11.2. The molecule has 0 aromatic carbocycles. The zero-order valence-electron chi connectivity index (χ0n) is 15.6. The molecule has 1 N–H and O–H groups in total. The smallest absolute Gasteiger partial charge is 0.433 e. The van der Waals surface area contributed by atoms with Gasteiger partial charge in [-0.1, -0.05) is 5.21 Å². The van der Waals surface area contributed by atoms with Gasteiger partial charge in [0.1, 0.15) is 12.3 Å². The van der Waals surface area contributed by atoms with E-state index in [1.807, 2.05) is 20.8 Å². The predicted octanol–water partition coefficient (Wildman–Crippen LogP) is 3.63. The van der Waals surface area contributed by atoms with Crippen LogP contribution in [0.2, 0.25) is 0 Å². The molecule has 2 heterocycles. The number of hydrogen-bond donors (Lipinski definition) is 1. The van der Waals surface area contributed by atoms with E-state index < -0.39 is 17.4 Å². The van der Waals surface area contributed by atoms with E-state index in [9.17, 15) is 13.2 Å². The van der Waals surface area contributed by atoms with E-state index >= 15 is 0 Å². The second kappa shape index (κ2) is 6.73. The van der Waals surface area contributed by atoms with Crippen LogP contribution in [0.25, 0.3) is 0 Å². The highest BCUT2D eigenvalue weighted by Crippen LogP contribution is 2.31. The Morgan fingerprint density at radius 3 is 2.23 bits per heavy atom. The lowest BCUT2D eigenvalue weighted by atomic mass is 10.1. The number of alkyl halides is 3. The largest absolute Gasteiger partial charge is 0.471 e. The lowest BCUT2D eigenvalue weighted by Gasteiger charge is -2.21. The van der Waals surface area contributed by atoms with E-state index in [0.29, 0.717) is 5.69 Å². The molecule has 0 amide bonds. The van der Waals surface area contributed by atoms with Crippen molar-refractivity contribution in [2.24, 2.45) is 0 Å². The standard InChI is InChI=1S/C16H23F3N6O/c1-14(2,3)22-13-20-11(16(17,18)19)7-12(21-13)26-9-10-8-25(24-23-10)15(4,5)6/h7-8H,9H2,1-6H3,(H,20,21,22). The maximum atomic E-state index is 13.1. The summed E-state index contributed by atoms with van der Waals surface area (Å²) in [5, 5.41) is 10.8. The fraction of sp³-hybridized carbons (Fsp3) is 0.625. The molecule has 144 valence electrons. The molecule has 0 aliphatic carbocycles. The highest BCUT2D eigenvalue weighted by Gasteiger charge is 2.34. The summed E-state index contributed by atoms with van der Waals surface area (Å²) < 4.78 is 46.3. The van der Waals surface area contributed by atoms with Crippen LogP contribution >= 0.6 is 0 Å². The molecular weight excluding hydrogens is 349 g/mol. The zero-order valence-corrected chi connectivity index (χ0v) is 15.6. The summed E-state index contributed by atoms with van der Waals surface area (Å²) in [5.74, 6) is -0.343. The van der Waals surface area contributed by atoms with Crippen molar-refractivity contribution in [3.63, 3.8) is 0 Å². The van der Waals surface area contributed by atoms with Crippen molar-refractivity contribution in [1.29, 1.82) is 0 Å². The molecule has 0 spiro atoms. The van der Waals surface area contributed by atoms with Crippen molar-refractivity contribution >= 4 is 5.95 Å². The quantitative estimate of drug-likeness (QED) is 0.883. The van der Waals surface area contributed by atoms with Crippen molar-refractivity contribution < 1.29 is 17.9 Å². The van der Waals surface area contributed by atoms with E-state index in [1.54, 1.807) is 31.6 Å². The minimum atomic E-state index is -4.61. The van der Waals surface area contributed by atoms with Gasteiger partial charge >= 0.3 is 6.18 Å². The second-order valence-electron chi connectivity index (χ2n) is 7.90. The van der Waals surface area contributed by atoms with Crippen molar-refractivity contribution in [2.75, 3.05) is 5.32 Å². The van der Waals surface area contributed by atoms with Crippen molar-refractivity contribution in [1.82, 2.24) is 25.0 Å². The molecule has 2 rings (SSSR count). The Morgan fingerprint density at radius 1 is 1.08 bits per heavy atom. The molecule has 0 atom stereocenters. The van der Waals surface area contributed by atoms with Crippen LogP contribution in [0.3, 0.4) is 0 Å². The summed E-state index contributed by atoms with van der Waals surface area (Å²) in [5.41, 5.74) is -1.35. The summed E-state index contributed by atoms with van der Waals surface area (Å²) >= 11 is 0. The molecule has 10 heteroatoms. The molecule has 0 saturated heterocycles. The first kappa shape index (κ1) is 19.9. The maximum Gasteiger partial charge on any atom is 0.433 e. The third-order valence-corrected chi connectivity index (χ3v) is 3.08. The van der Waals surface area contributed by atoms with E-state index in [2.05, 4.69) is 25.6 Å². The van der Waals surface area contributed by atoms with Gasteiger partial charge in [-0.3, -0.25) is 0 Å². The third-order valence-electron chi connectivity index (χ3n) is 3.08. The van der Waals surface area contributed by atoms with Gasteiger partial charge in [-0.2, -0.15) is 18.2 Å². The Balaban J connectivity index is 2.22. The number of nitrogens with zero attached hydrogens (tertiary/aromatic N) is 5. The molecule has 7 nitrogen and oxygen atoms in total. The van der Waals surface area contributed by atoms with E-state index in [4.69, 9.17) is 4.74 Å². The van der Waals surface area contributed by atoms with Crippen molar-refractivity contribution in [3.8, 4) is 5.88 Å². The van der Waals surface area contributed by atoms with Gasteiger partial charge in [-0.25, -0.2) is 9.67 Å². The average molecular weight is 372 g/mol. The van der Waals surface area contributed by atoms with Crippen molar-refractivity contribution in [3.05, 3.63) is 23.7 Å². The highest BCUT2D eigenvalue weighted by atomic mass is 19.4. The average Bonchev–Trinajstić information content (AvgIpc) is 2.91. The Hall–Kier alpha value is -2.39. The molecule has 0 saturated carbocycles. The third kappa shape index (κ3) is 5.57. The van der Waals surface area contributed by atoms with Crippen LogP contribution in [-0.4, -0.2) is 30.5 Å². The molecule has 0 aliphatic rings. The number of anilines is 1. The lowest BCUT2D eigenvalue weighted by Crippen LogP contribution is -2.28. The predicted molar refractivity (Wildman–Crippen MR) is 89.8 cm³/mol. The normalized spacial score (nSPS) is 13.0. The molecule has 0 radical (unpaired) electrons. The zero-order chi connectivity index (χ0) is 19.8. The minimum absolute atomic E-state index is 0.0562. The molecular formula is C16H23F3N6O. The number of rotatable bonds is 4. The number of nitrogens with one attached hydrogen (secondary N) is 1. The number of aromatic nitrogens is 5. The topological polar surface area (TPSA) is 77.8 Å². The molecule has 26 heavy (non-hydrogen) atoms. The SMILES string of the molecule is CC(C)(C)Nc1nc(OCc2cn(C(C)(C)C)nn2)cc(C(F)(F)F)n1. The lowest BCUT2D eigenvalue weighted by molar-refractivity contribution is -0.141. The summed E-state index contributed by atoms with van der Waals surface area (Å²) in [7, 11) is 0. The van der Waals surface area contributed by atoms with Gasteiger partial charge in [-0.05, 0) is 41.5 Å². The maximum absolute atomic E-state index is 13.1. The van der Waals surface area contributed by atoms with E-state index in [1.165, 1.54) is 0 Å². The fourth-order valence-electron chi connectivity index (χ4n) is 1.88. The Kier molecular flexibility index (Phi) is 5.16. The molecule has 0 bridgehead atoms. The second-order valence-corrected chi connectivity index (χ2v) is 7.90. The summed E-state index contributed by atoms with van der Waals surface area (Å²) in [6.07, 6.45) is -2.93. The van der Waals surface area contributed by atoms with Crippen LogP contribution in [0.5, 0.6) is 5.88 Å². The molecule has 0 aliphatic heterocycles. The van der Waals surface area contributed by atoms with Gasteiger partial charge in [0.2, 0.25) is 11.8 Å².